The number of rotatable bonds is 8. The summed E-state index contributed by atoms with van der Waals surface area (Å²) in [6, 6.07) is 14.2. The van der Waals surface area contributed by atoms with Gasteiger partial charge < -0.3 is 14.1 Å². The Labute approximate surface area is 204 Å². The molecular formula is C25H22FN3O5S. The topological polar surface area (TPSA) is 94.6 Å². The second-order valence-corrected chi connectivity index (χ2v) is 8.66. The lowest BCUT2D eigenvalue weighted by Crippen LogP contribution is -2.29. The predicted octanol–water partition coefficient (Wildman–Crippen LogP) is 3.71. The van der Waals surface area contributed by atoms with Crippen molar-refractivity contribution in [1.29, 1.82) is 0 Å². The Balaban J connectivity index is 1.63. The van der Waals surface area contributed by atoms with E-state index in [1.165, 1.54) is 47.1 Å². The molecule has 10 heteroatoms. The van der Waals surface area contributed by atoms with Crippen LogP contribution >= 0.6 is 11.8 Å². The number of aromatic nitrogens is 2. The Kier molecular flexibility index (Phi) is 7.31. The fraction of sp³-hybridized carbons (Fsp3) is 0.200. The van der Waals surface area contributed by atoms with Gasteiger partial charge in [0.1, 0.15) is 11.6 Å². The highest BCUT2D eigenvalue weighted by Gasteiger charge is 2.18. The smallest absolute Gasteiger partial charge is 0.337 e. The molecule has 0 aliphatic rings. The van der Waals surface area contributed by atoms with E-state index < -0.39 is 5.97 Å². The molecular weight excluding hydrogens is 473 g/mol. The molecule has 35 heavy (non-hydrogen) atoms. The zero-order valence-electron chi connectivity index (χ0n) is 19.1. The molecule has 0 N–H and O–H groups in total. The molecule has 0 unspecified atom stereocenters. The maximum Gasteiger partial charge on any atom is 0.337 e. The molecule has 0 spiro atoms. The molecule has 8 nitrogen and oxygen atoms in total. The summed E-state index contributed by atoms with van der Waals surface area (Å²) in [5.74, 6) is -0.681. The first kappa shape index (κ1) is 24.2. The van der Waals surface area contributed by atoms with E-state index in [4.69, 9.17) is 9.15 Å². The van der Waals surface area contributed by atoms with Gasteiger partial charge in [0.15, 0.2) is 5.16 Å². The highest BCUT2D eigenvalue weighted by atomic mass is 32.2. The Morgan fingerprint density at radius 1 is 1.17 bits per heavy atom. The lowest BCUT2D eigenvalue weighted by Gasteiger charge is -2.18. The monoisotopic (exact) mass is 495 g/mol. The van der Waals surface area contributed by atoms with Gasteiger partial charge in [-0.2, -0.15) is 0 Å². The number of hydrogen-bond acceptors (Lipinski definition) is 7. The van der Waals surface area contributed by atoms with Crippen molar-refractivity contribution in [2.45, 2.75) is 18.2 Å². The second kappa shape index (κ2) is 10.6. The van der Waals surface area contributed by atoms with Crippen molar-refractivity contribution in [2.75, 3.05) is 19.9 Å². The van der Waals surface area contributed by atoms with Crippen molar-refractivity contribution in [2.24, 2.45) is 0 Å². The van der Waals surface area contributed by atoms with Gasteiger partial charge in [-0.3, -0.25) is 14.2 Å². The van der Waals surface area contributed by atoms with Crippen molar-refractivity contribution in [3.63, 3.8) is 0 Å². The first-order valence-electron chi connectivity index (χ1n) is 10.6. The lowest BCUT2D eigenvalue weighted by atomic mass is 10.1. The van der Waals surface area contributed by atoms with Crippen molar-refractivity contribution in [3.05, 3.63) is 93.9 Å². The third-order valence-electron chi connectivity index (χ3n) is 5.35. The lowest BCUT2D eigenvalue weighted by molar-refractivity contribution is -0.127. The highest BCUT2D eigenvalue weighted by molar-refractivity contribution is 7.99. The van der Waals surface area contributed by atoms with E-state index in [0.717, 1.165) is 11.8 Å². The summed E-state index contributed by atoms with van der Waals surface area (Å²) >= 11 is 1.08. The Morgan fingerprint density at radius 2 is 1.97 bits per heavy atom. The number of furan rings is 1. The first-order valence-corrected chi connectivity index (χ1v) is 11.6. The van der Waals surface area contributed by atoms with Crippen molar-refractivity contribution in [3.8, 4) is 0 Å². The molecule has 0 fully saturated rings. The van der Waals surface area contributed by atoms with E-state index in [-0.39, 0.29) is 46.8 Å². The van der Waals surface area contributed by atoms with Crippen molar-refractivity contribution >= 4 is 34.5 Å². The molecule has 2 aromatic heterocycles. The minimum absolute atomic E-state index is 0.0300. The molecule has 4 aromatic rings. The van der Waals surface area contributed by atoms with Gasteiger partial charge in [0.2, 0.25) is 5.91 Å². The molecule has 1 amide bonds. The van der Waals surface area contributed by atoms with Gasteiger partial charge in [0, 0.05) is 19.2 Å². The third-order valence-corrected chi connectivity index (χ3v) is 6.31. The van der Waals surface area contributed by atoms with Gasteiger partial charge in [0.05, 0.1) is 42.1 Å². The fourth-order valence-corrected chi connectivity index (χ4v) is 4.40. The minimum atomic E-state index is -0.549. The van der Waals surface area contributed by atoms with Crippen molar-refractivity contribution < 1.29 is 23.1 Å². The van der Waals surface area contributed by atoms with Crippen LogP contribution in [-0.4, -0.2) is 46.2 Å². The fourth-order valence-electron chi connectivity index (χ4n) is 3.46. The number of thioether (sulfide) groups is 1. The SMILES string of the molecule is COC(=O)c1ccc2c(=O)n(Cc3ccco3)c(SCC(=O)N(C)Cc3ccccc3F)nc2c1. The van der Waals surface area contributed by atoms with Gasteiger partial charge >= 0.3 is 5.97 Å². The number of nitrogens with zero attached hydrogens (tertiary/aromatic N) is 3. The Morgan fingerprint density at radius 3 is 2.69 bits per heavy atom. The number of benzene rings is 2. The Bertz CT molecular complexity index is 1440. The van der Waals surface area contributed by atoms with Crippen molar-refractivity contribution in [1.82, 2.24) is 14.5 Å². The van der Waals surface area contributed by atoms with Crippen LogP contribution in [0.25, 0.3) is 10.9 Å². The van der Waals surface area contributed by atoms with Crippen LogP contribution in [0.15, 0.2) is 75.2 Å². The number of hydrogen-bond donors (Lipinski definition) is 0. The predicted molar refractivity (Wildman–Crippen MR) is 129 cm³/mol. The van der Waals surface area contributed by atoms with Crippen LogP contribution in [0.4, 0.5) is 4.39 Å². The highest BCUT2D eigenvalue weighted by Crippen LogP contribution is 2.21. The average molecular weight is 496 g/mol. The molecule has 0 saturated heterocycles. The zero-order chi connectivity index (χ0) is 24.9. The first-order chi connectivity index (χ1) is 16.9. The Hall–Kier alpha value is -3.92. The molecule has 2 aromatic carbocycles. The van der Waals surface area contributed by atoms with Crippen LogP contribution in [0.2, 0.25) is 0 Å². The van der Waals surface area contributed by atoms with E-state index >= 15 is 0 Å². The van der Waals surface area contributed by atoms with Gasteiger partial charge in [-0.25, -0.2) is 14.2 Å². The molecule has 4 rings (SSSR count). The molecule has 0 saturated carbocycles. The molecule has 2 heterocycles. The number of carbonyl (C=O) groups is 2. The number of methoxy groups -OCH3 is 1. The number of fused-ring (bicyclic) bond motifs is 1. The number of halogens is 1. The van der Waals surface area contributed by atoms with E-state index in [1.54, 1.807) is 37.4 Å². The molecule has 0 radical (unpaired) electrons. The summed E-state index contributed by atoms with van der Waals surface area (Å²) in [5.41, 5.74) is 0.635. The average Bonchev–Trinajstić information content (AvgIpc) is 3.38. The van der Waals surface area contributed by atoms with Gasteiger partial charge in [0.25, 0.3) is 5.56 Å². The molecule has 0 aliphatic carbocycles. The maximum absolute atomic E-state index is 14.0. The summed E-state index contributed by atoms with van der Waals surface area (Å²) in [4.78, 5) is 44.0. The third kappa shape index (κ3) is 5.43. The van der Waals surface area contributed by atoms with Crippen LogP contribution in [0, 0.1) is 5.82 Å². The van der Waals surface area contributed by atoms with E-state index in [0.29, 0.717) is 22.2 Å². The quantitative estimate of drug-likeness (QED) is 0.209. The van der Waals surface area contributed by atoms with Gasteiger partial charge in [-0.05, 0) is 36.4 Å². The number of ether oxygens (including phenoxy) is 1. The molecule has 0 bridgehead atoms. The minimum Gasteiger partial charge on any atom is -0.467 e. The maximum atomic E-state index is 14.0. The van der Waals surface area contributed by atoms with Crippen LogP contribution in [0.3, 0.4) is 0 Å². The number of esters is 1. The summed E-state index contributed by atoms with van der Waals surface area (Å²) in [5, 5.41) is 0.602. The van der Waals surface area contributed by atoms with E-state index in [9.17, 15) is 18.8 Å². The van der Waals surface area contributed by atoms with Gasteiger partial charge in [-0.15, -0.1) is 0 Å². The van der Waals surface area contributed by atoms with E-state index in [2.05, 4.69) is 4.98 Å². The van der Waals surface area contributed by atoms with Crippen LogP contribution in [0.1, 0.15) is 21.7 Å². The molecule has 0 atom stereocenters. The number of carbonyl (C=O) groups excluding carboxylic acids is 2. The summed E-state index contributed by atoms with van der Waals surface area (Å²) in [6.45, 7) is 0.230. The summed E-state index contributed by atoms with van der Waals surface area (Å²) < 4.78 is 25.6. The summed E-state index contributed by atoms with van der Waals surface area (Å²) in [6.07, 6.45) is 1.51. The number of amides is 1. The van der Waals surface area contributed by atoms with Gasteiger partial charge in [-0.1, -0.05) is 30.0 Å². The molecule has 0 aliphatic heterocycles. The largest absolute Gasteiger partial charge is 0.467 e. The zero-order valence-corrected chi connectivity index (χ0v) is 19.9. The normalized spacial score (nSPS) is 10.9. The van der Waals surface area contributed by atoms with Crippen LogP contribution < -0.4 is 5.56 Å². The van der Waals surface area contributed by atoms with Crippen LogP contribution in [-0.2, 0) is 22.6 Å². The second-order valence-electron chi connectivity index (χ2n) is 7.72. The van der Waals surface area contributed by atoms with Crippen LogP contribution in [0.5, 0.6) is 0 Å². The van der Waals surface area contributed by atoms with E-state index in [1.807, 2.05) is 0 Å². The standard InChI is InChI=1S/C25H22FN3O5S/c1-28(13-17-6-3-4-8-20(17)26)22(30)15-35-25-27-21-12-16(24(32)33-2)9-10-19(21)23(31)29(25)14-18-7-5-11-34-18/h3-12H,13-15H2,1-2H3. The molecule has 180 valence electrons. The summed E-state index contributed by atoms with van der Waals surface area (Å²) in [7, 11) is 2.85.